The van der Waals surface area contributed by atoms with E-state index in [4.69, 9.17) is 4.74 Å². The molecule has 0 aliphatic heterocycles. The first-order chi connectivity index (χ1) is 8.14. The Morgan fingerprint density at radius 1 is 1.41 bits per heavy atom. The molecular weight excluding hydrogens is 212 g/mol. The summed E-state index contributed by atoms with van der Waals surface area (Å²) in [7, 11) is 1.60. The van der Waals surface area contributed by atoms with Gasteiger partial charge in [0.2, 0.25) is 0 Å². The van der Waals surface area contributed by atoms with Gasteiger partial charge in [-0.3, -0.25) is 0 Å². The molecule has 2 heteroatoms. The van der Waals surface area contributed by atoms with Gasteiger partial charge in [-0.1, -0.05) is 29.8 Å². The Bertz CT molecular complexity index is 529. The summed E-state index contributed by atoms with van der Waals surface area (Å²) in [5.74, 6) is 12.4. The molecule has 2 aliphatic rings. The van der Waals surface area contributed by atoms with Crippen molar-refractivity contribution in [3.8, 4) is 23.7 Å². The highest BCUT2D eigenvalue weighted by Crippen LogP contribution is 2.35. The van der Waals surface area contributed by atoms with Gasteiger partial charge in [-0.25, -0.2) is 0 Å². The monoisotopic (exact) mass is 226 g/mol. The standard InChI is InChI=1S/C15H14O2/c1-15-9-6-4-3-5-7-13(16)12(11-15)14(17-2)8-10-15/h3-4,8,10,13,16H,11H2,1-2H3/b4-3-. The van der Waals surface area contributed by atoms with Crippen LogP contribution in [0.3, 0.4) is 0 Å². The van der Waals surface area contributed by atoms with Crippen LogP contribution in [-0.2, 0) is 4.74 Å². The normalized spacial score (nSPS) is 31.8. The van der Waals surface area contributed by atoms with E-state index in [1.165, 1.54) is 0 Å². The minimum atomic E-state index is -0.793. The highest BCUT2D eigenvalue weighted by Gasteiger charge is 2.29. The van der Waals surface area contributed by atoms with Crippen LogP contribution in [0.1, 0.15) is 13.3 Å². The number of ether oxygens (including phenoxy) is 1. The SMILES string of the molecule is COC1=C2CC(C)(C#C/C=C\C#CC2O)C=C1. The quantitative estimate of drug-likeness (QED) is 0.691. The second-order valence-corrected chi connectivity index (χ2v) is 4.32. The van der Waals surface area contributed by atoms with Crippen molar-refractivity contribution in [2.24, 2.45) is 5.41 Å². The summed E-state index contributed by atoms with van der Waals surface area (Å²) in [6, 6.07) is 0. The second-order valence-electron chi connectivity index (χ2n) is 4.32. The Kier molecular flexibility index (Phi) is 3.09. The van der Waals surface area contributed by atoms with Crippen molar-refractivity contribution in [2.45, 2.75) is 19.4 Å². The topological polar surface area (TPSA) is 29.5 Å². The van der Waals surface area contributed by atoms with Gasteiger partial charge in [0.25, 0.3) is 0 Å². The molecule has 2 bridgehead atoms. The summed E-state index contributed by atoms with van der Waals surface area (Å²) in [5.41, 5.74) is 0.538. The molecule has 2 aliphatic carbocycles. The molecule has 0 amide bonds. The maximum absolute atomic E-state index is 10.0. The first-order valence-electron chi connectivity index (χ1n) is 5.48. The molecule has 2 atom stereocenters. The number of hydrogen-bond acceptors (Lipinski definition) is 2. The molecule has 0 saturated heterocycles. The van der Waals surface area contributed by atoms with Crippen molar-refractivity contribution < 1.29 is 9.84 Å². The van der Waals surface area contributed by atoms with Gasteiger partial charge in [0, 0.05) is 5.57 Å². The average Bonchev–Trinajstić information content (AvgIpc) is 2.32. The summed E-state index contributed by atoms with van der Waals surface area (Å²) in [4.78, 5) is 0. The van der Waals surface area contributed by atoms with E-state index in [0.29, 0.717) is 12.2 Å². The molecule has 86 valence electrons. The molecule has 2 nitrogen and oxygen atoms in total. The van der Waals surface area contributed by atoms with Crippen LogP contribution in [-0.4, -0.2) is 18.3 Å². The smallest absolute Gasteiger partial charge is 0.140 e. The first-order valence-corrected chi connectivity index (χ1v) is 5.48. The van der Waals surface area contributed by atoms with Gasteiger partial charge >= 0.3 is 0 Å². The number of hydrogen-bond donors (Lipinski definition) is 1. The lowest BCUT2D eigenvalue weighted by Gasteiger charge is -2.27. The minimum Gasteiger partial charge on any atom is -0.497 e. The molecule has 17 heavy (non-hydrogen) atoms. The van der Waals surface area contributed by atoms with Crippen LogP contribution >= 0.6 is 0 Å². The van der Waals surface area contributed by atoms with Crippen LogP contribution < -0.4 is 0 Å². The van der Waals surface area contributed by atoms with Crippen LogP contribution in [0.25, 0.3) is 0 Å². The van der Waals surface area contributed by atoms with Crippen molar-refractivity contribution in [2.75, 3.05) is 7.11 Å². The minimum absolute atomic E-state index is 0.262. The number of fused-ring (bicyclic) bond motifs is 2. The molecule has 2 rings (SSSR count). The van der Waals surface area contributed by atoms with Crippen molar-refractivity contribution in [1.82, 2.24) is 0 Å². The number of aliphatic hydroxyl groups excluding tert-OH is 1. The van der Waals surface area contributed by atoms with Crippen LogP contribution in [0.4, 0.5) is 0 Å². The molecule has 0 aromatic rings. The van der Waals surface area contributed by atoms with E-state index < -0.39 is 6.10 Å². The van der Waals surface area contributed by atoms with Crippen LogP contribution in [0.5, 0.6) is 0 Å². The molecule has 0 spiro atoms. The predicted octanol–water partition coefficient (Wildman–Crippen LogP) is 1.79. The van der Waals surface area contributed by atoms with Gasteiger partial charge in [-0.15, -0.1) is 0 Å². The van der Waals surface area contributed by atoms with Crippen molar-refractivity contribution >= 4 is 0 Å². The zero-order valence-corrected chi connectivity index (χ0v) is 9.95. The highest BCUT2D eigenvalue weighted by atomic mass is 16.5. The van der Waals surface area contributed by atoms with E-state index in [2.05, 4.69) is 23.7 Å². The summed E-state index contributed by atoms with van der Waals surface area (Å²) < 4.78 is 5.26. The number of methoxy groups -OCH3 is 1. The van der Waals surface area contributed by atoms with Gasteiger partial charge < -0.3 is 9.84 Å². The molecule has 0 aromatic heterocycles. The largest absolute Gasteiger partial charge is 0.497 e. The molecule has 0 radical (unpaired) electrons. The summed E-state index contributed by atoms with van der Waals surface area (Å²) in [5, 5.41) is 10.0. The fourth-order valence-electron chi connectivity index (χ4n) is 1.93. The van der Waals surface area contributed by atoms with Crippen molar-refractivity contribution in [3.05, 3.63) is 35.6 Å². The molecule has 0 aromatic carbocycles. The molecular formula is C15H14O2. The average molecular weight is 226 g/mol. The Morgan fingerprint density at radius 2 is 2.18 bits per heavy atom. The van der Waals surface area contributed by atoms with E-state index in [1.807, 2.05) is 19.1 Å². The summed E-state index contributed by atoms with van der Waals surface area (Å²) >= 11 is 0. The highest BCUT2D eigenvalue weighted by molar-refractivity contribution is 5.42. The summed E-state index contributed by atoms with van der Waals surface area (Å²) in [6.07, 6.45) is 7.08. The Hall–Kier alpha value is -1.90. The van der Waals surface area contributed by atoms with Gasteiger partial charge in [-0.2, -0.15) is 0 Å². The van der Waals surface area contributed by atoms with E-state index in [1.54, 1.807) is 19.3 Å². The third kappa shape index (κ3) is 2.44. The Balaban J connectivity index is 2.51. The van der Waals surface area contributed by atoms with E-state index in [0.717, 1.165) is 5.57 Å². The molecule has 0 fully saturated rings. The van der Waals surface area contributed by atoms with E-state index in [9.17, 15) is 5.11 Å². The third-order valence-electron chi connectivity index (χ3n) is 2.85. The van der Waals surface area contributed by atoms with Crippen molar-refractivity contribution in [3.63, 3.8) is 0 Å². The maximum atomic E-state index is 10.0. The fraction of sp³-hybridized carbons (Fsp3) is 0.333. The van der Waals surface area contributed by atoms with E-state index >= 15 is 0 Å². The third-order valence-corrected chi connectivity index (χ3v) is 2.85. The van der Waals surface area contributed by atoms with Crippen LogP contribution in [0, 0.1) is 29.1 Å². The zero-order chi connectivity index (χ0) is 12.3. The van der Waals surface area contributed by atoms with Gasteiger partial charge in [0.05, 0.1) is 12.5 Å². The Labute approximate surface area is 102 Å². The Morgan fingerprint density at radius 3 is 2.94 bits per heavy atom. The number of aliphatic hydroxyl groups is 1. The lowest BCUT2D eigenvalue weighted by atomic mass is 9.78. The lowest BCUT2D eigenvalue weighted by Crippen LogP contribution is -2.23. The summed E-state index contributed by atoms with van der Waals surface area (Å²) in [6.45, 7) is 2.04. The van der Waals surface area contributed by atoms with Crippen LogP contribution in [0.2, 0.25) is 0 Å². The molecule has 1 N–H and O–H groups in total. The second kappa shape index (κ2) is 4.53. The van der Waals surface area contributed by atoms with Gasteiger partial charge in [0.15, 0.2) is 0 Å². The lowest BCUT2D eigenvalue weighted by molar-refractivity contribution is 0.230. The van der Waals surface area contributed by atoms with Crippen LogP contribution in [0.15, 0.2) is 35.6 Å². The molecule has 0 saturated carbocycles. The number of rotatable bonds is 1. The number of allylic oxidation sites excluding steroid dienone is 4. The molecule has 0 heterocycles. The van der Waals surface area contributed by atoms with Gasteiger partial charge in [0.1, 0.15) is 11.9 Å². The first kappa shape index (κ1) is 11.6. The zero-order valence-electron chi connectivity index (χ0n) is 9.95. The van der Waals surface area contributed by atoms with Crippen molar-refractivity contribution in [1.29, 1.82) is 0 Å². The fourth-order valence-corrected chi connectivity index (χ4v) is 1.93. The predicted molar refractivity (Wildman–Crippen MR) is 66.6 cm³/mol. The maximum Gasteiger partial charge on any atom is 0.140 e. The molecule has 2 unspecified atom stereocenters. The van der Waals surface area contributed by atoms with Gasteiger partial charge in [-0.05, 0) is 31.6 Å². The van der Waals surface area contributed by atoms with E-state index in [-0.39, 0.29) is 5.41 Å².